The first-order valence-electron chi connectivity index (χ1n) is 9.28. The molecule has 0 radical (unpaired) electrons. The third-order valence-electron chi connectivity index (χ3n) is 4.86. The average Bonchev–Trinajstić information content (AvgIpc) is 2.74. The van der Waals surface area contributed by atoms with E-state index < -0.39 is 14.9 Å². The number of anilines is 1. The fourth-order valence-corrected chi connectivity index (χ4v) is 3.97. The van der Waals surface area contributed by atoms with Crippen LogP contribution < -0.4 is 14.4 Å². The second-order valence-electron chi connectivity index (χ2n) is 6.61. The summed E-state index contributed by atoms with van der Waals surface area (Å²) in [6.45, 7) is 4.05. The topological polar surface area (TPSA) is 105 Å². The van der Waals surface area contributed by atoms with E-state index in [9.17, 15) is 18.5 Å². The number of nitrogens with one attached hydrogen (secondary N) is 1. The molecule has 0 saturated carbocycles. The first kappa shape index (κ1) is 21.0. The minimum Gasteiger partial charge on any atom is -0.492 e. The number of nitro benzene ring substituents is 1. The van der Waals surface area contributed by atoms with E-state index in [2.05, 4.69) is 9.62 Å². The van der Waals surface area contributed by atoms with Gasteiger partial charge in [0.2, 0.25) is 10.0 Å². The van der Waals surface area contributed by atoms with Crippen LogP contribution >= 0.6 is 0 Å². The monoisotopic (exact) mass is 420 g/mol. The fourth-order valence-electron chi connectivity index (χ4n) is 3.22. The Labute approximate surface area is 170 Å². The molecular weight excluding hydrogens is 396 g/mol. The summed E-state index contributed by atoms with van der Waals surface area (Å²) in [6, 6.07) is 13.6. The largest absolute Gasteiger partial charge is 0.492 e. The second-order valence-corrected chi connectivity index (χ2v) is 8.49. The van der Waals surface area contributed by atoms with Crippen LogP contribution in [-0.2, 0) is 10.0 Å². The van der Waals surface area contributed by atoms with Gasteiger partial charge in [-0.05, 0) is 31.3 Å². The van der Waals surface area contributed by atoms with Crippen LogP contribution in [0.2, 0.25) is 0 Å². The number of ether oxygens (including phenoxy) is 1. The van der Waals surface area contributed by atoms with Gasteiger partial charge in [-0.3, -0.25) is 15.0 Å². The number of benzene rings is 2. The standard InChI is InChI=1S/C19H24N4O5S/c1-20-29(26,27)17-7-8-18(19(15-17)23(24)25)22-11-9-21(10-12-22)13-14-28-16-5-3-2-4-6-16/h2-8,15,20H,9-14H2,1H3. The summed E-state index contributed by atoms with van der Waals surface area (Å²) in [5, 5.41) is 11.5. The van der Waals surface area contributed by atoms with E-state index in [1.165, 1.54) is 19.2 Å². The van der Waals surface area contributed by atoms with E-state index in [0.717, 1.165) is 31.5 Å². The molecule has 0 atom stereocenters. The summed E-state index contributed by atoms with van der Waals surface area (Å²) >= 11 is 0. The first-order valence-corrected chi connectivity index (χ1v) is 10.8. The van der Waals surface area contributed by atoms with Crippen LogP contribution in [0.15, 0.2) is 53.4 Å². The van der Waals surface area contributed by atoms with Crippen molar-refractivity contribution in [3.8, 4) is 5.75 Å². The number of nitro groups is 1. The van der Waals surface area contributed by atoms with Gasteiger partial charge in [-0.1, -0.05) is 18.2 Å². The van der Waals surface area contributed by atoms with E-state index in [4.69, 9.17) is 4.74 Å². The molecule has 0 unspecified atom stereocenters. The number of para-hydroxylation sites is 1. The van der Waals surface area contributed by atoms with Gasteiger partial charge in [-0.25, -0.2) is 13.1 Å². The number of nitrogens with zero attached hydrogens (tertiary/aromatic N) is 3. The van der Waals surface area contributed by atoms with Crippen molar-refractivity contribution < 1.29 is 18.1 Å². The molecular formula is C19H24N4O5S. The zero-order chi connectivity index (χ0) is 20.9. The Morgan fingerprint density at radius 3 is 2.41 bits per heavy atom. The van der Waals surface area contributed by atoms with Gasteiger partial charge in [0.05, 0.1) is 9.82 Å². The molecule has 10 heteroatoms. The van der Waals surface area contributed by atoms with Gasteiger partial charge in [-0.2, -0.15) is 0 Å². The van der Waals surface area contributed by atoms with Gasteiger partial charge in [0.15, 0.2) is 0 Å². The van der Waals surface area contributed by atoms with Crippen LogP contribution in [0.3, 0.4) is 0 Å². The van der Waals surface area contributed by atoms with Crippen LogP contribution in [0, 0.1) is 10.1 Å². The zero-order valence-electron chi connectivity index (χ0n) is 16.2. The highest BCUT2D eigenvalue weighted by Crippen LogP contribution is 2.31. The van der Waals surface area contributed by atoms with Crippen LogP contribution in [0.4, 0.5) is 11.4 Å². The predicted molar refractivity (Wildman–Crippen MR) is 110 cm³/mol. The van der Waals surface area contributed by atoms with Gasteiger partial charge in [-0.15, -0.1) is 0 Å². The Morgan fingerprint density at radius 1 is 1.10 bits per heavy atom. The van der Waals surface area contributed by atoms with Gasteiger partial charge < -0.3 is 9.64 Å². The molecule has 1 saturated heterocycles. The molecule has 1 heterocycles. The van der Waals surface area contributed by atoms with E-state index in [0.29, 0.717) is 25.4 Å². The molecule has 29 heavy (non-hydrogen) atoms. The molecule has 156 valence electrons. The summed E-state index contributed by atoms with van der Waals surface area (Å²) in [4.78, 5) is 15.0. The van der Waals surface area contributed by atoms with E-state index >= 15 is 0 Å². The summed E-state index contributed by atoms with van der Waals surface area (Å²) in [5.74, 6) is 0.832. The Bertz CT molecular complexity index is 944. The number of sulfonamides is 1. The number of rotatable bonds is 8. The van der Waals surface area contributed by atoms with Crippen LogP contribution in [0.1, 0.15) is 0 Å². The van der Waals surface area contributed by atoms with E-state index in [1.54, 1.807) is 0 Å². The molecule has 1 fully saturated rings. The Kier molecular flexibility index (Phi) is 6.68. The maximum absolute atomic E-state index is 11.9. The second kappa shape index (κ2) is 9.21. The normalized spacial score (nSPS) is 15.3. The third kappa shape index (κ3) is 5.22. The van der Waals surface area contributed by atoms with Crippen LogP contribution in [-0.4, -0.2) is 64.6 Å². The quantitative estimate of drug-likeness (QED) is 0.512. The molecule has 2 aromatic carbocycles. The highest BCUT2D eigenvalue weighted by Gasteiger charge is 2.26. The molecule has 0 amide bonds. The summed E-state index contributed by atoms with van der Waals surface area (Å²) in [6.07, 6.45) is 0. The Hall–Kier alpha value is -2.69. The average molecular weight is 420 g/mol. The highest BCUT2D eigenvalue weighted by molar-refractivity contribution is 7.89. The van der Waals surface area contributed by atoms with Crippen LogP contribution in [0.25, 0.3) is 0 Å². The lowest BCUT2D eigenvalue weighted by Crippen LogP contribution is -2.47. The molecule has 0 bridgehead atoms. The number of hydrogen-bond acceptors (Lipinski definition) is 7. The van der Waals surface area contributed by atoms with Gasteiger partial charge in [0.25, 0.3) is 5.69 Å². The lowest BCUT2D eigenvalue weighted by molar-refractivity contribution is -0.384. The molecule has 9 nitrogen and oxygen atoms in total. The molecule has 1 aliphatic heterocycles. The summed E-state index contributed by atoms with van der Waals surface area (Å²) in [7, 11) is -2.47. The molecule has 0 aliphatic carbocycles. The molecule has 2 aromatic rings. The van der Waals surface area contributed by atoms with Gasteiger partial charge >= 0.3 is 0 Å². The number of hydrogen-bond donors (Lipinski definition) is 1. The van der Waals surface area contributed by atoms with Crippen molar-refractivity contribution >= 4 is 21.4 Å². The molecule has 0 spiro atoms. The van der Waals surface area contributed by atoms with Crippen LogP contribution in [0.5, 0.6) is 5.75 Å². The first-order chi connectivity index (χ1) is 13.9. The van der Waals surface area contributed by atoms with Gasteiger partial charge in [0, 0.05) is 38.8 Å². The predicted octanol–water partition coefficient (Wildman–Crippen LogP) is 1.70. The third-order valence-corrected chi connectivity index (χ3v) is 6.27. The van der Waals surface area contributed by atoms with Crippen molar-refractivity contribution in [3.05, 3.63) is 58.6 Å². The van der Waals surface area contributed by atoms with Crippen molar-refractivity contribution in [3.63, 3.8) is 0 Å². The molecule has 0 aromatic heterocycles. The lowest BCUT2D eigenvalue weighted by atomic mass is 10.2. The Balaban J connectivity index is 1.60. The van der Waals surface area contributed by atoms with Crippen molar-refractivity contribution in [2.75, 3.05) is 51.3 Å². The van der Waals surface area contributed by atoms with E-state index in [1.807, 2.05) is 35.2 Å². The molecule has 3 rings (SSSR count). The van der Waals surface area contributed by atoms with Crippen molar-refractivity contribution in [1.29, 1.82) is 0 Å². The molecule has 1 aliphatic rings. The smallest absolute Gasteiger partial charge is 0.293 e. The van der Waals surface area contributed by atoms with Crippen molar-refractivity contribution in [2.45, 2.75) is 4.90 Å². The minimum atomic E-state index is -3.74. The maximum atomic E-state index is 11.9. The SMILES string of the molecule is CNS(=O)(=O)c1ccc(N2CCN(CCOc3ccccc3)CC2)c([N+](=O)[O-])c1. The van der Waals surface area contributed by atoms with E-state index in [-0.39, 0.29) is 10.6 Å². The maximum Gasteiger partial charge on any atom is 0.293 e. The highest BCUT2D eigenvalue weighted by atomic mass is 32.2. The fraction of sp³-hybridized carbons (Fsp3) is 0.368. The van der Waals surface area contributed by atoms with Gasteiger partial charge in [0.1, 0.15) is 18.0 Å². The Morgan fingerprint density at radius 2 is 1.79 bits per heavy atom. The lowest BCUT2D eigenvalue weighted by Gasteiger charge is -2.35. The van der Waals surface area contributed by atoms with Crippen molar-refractivity contribution in [1.82, 2.24) is 9.62 Å². The summed E-state index contributed by atoms with van der Waals surface area (Å²) in [5.41, 5.74) is 0.229. The molecule has 1 N–H and O–H groups in total. The number of piperazine rings is 1. The van der Waals surface area contributed by atoms with Crippen molar-refractivity contribution in [2.24, 2.45) is 0 Å². The minimum absolute atomic E-state index is 0.118. The summed E-state index contributed by atoms with van der Waals surface area (Å²) < 4.78 is 31.8. The zero-order valence-corrected chi connectivity index (χ0v) is 17.0.